The van der Waals surface area contributed by atoms with Crippen LogP contribution in [0.25, 0.3) is 0 Å². The molecule has 2 aliphatic carbocycles. The molecule has 1 N–H and O–H groups in total. The Hall–Kier alpha value is -2.74. The number of anilines is 1. The number of rotatable bonds is 7. The summed E-state index contributed by atoms with van der Waals surface area (Å²) in [6.07, 6.45) is 8.47. The van der Waals surface area contributed by atoms with E-state index in [9.17, 15) is 14.7 Å². The molecule has 8 heteroatoms. The van der Waals surface area contributed by atoms with Gasteiger partial charge in [-0.25, -0.2) is 4.79 Å². The SMILES string of the molecule is CC(C)(C)c1cc(N(C(=O)[C@H]2CC[C@H](C)CC2)C2CCC(=NOCc3ccccn3)CC2)c(C(=O)O)s1. The van der Waals surface area contributed by atoms with Crippen molar-refractivity contribution < 1.29 is 19.5 Å². The maximum Gasteiger partial charge on any atom is 0.348 e. The molecular formula is C29H39N3O4S. The number of aromatic nitrogens is 1. The van der Waals surface area contributed by atoms with E-state index in [4.69, 9.17) is 4.84 Å². The first-order valence-corrected chi connectivity index (χ1v) is 14.2. The van der Waals surface area contributed by atoms with Crippen molar-refractivity contribution in [3.63, 3.8) is 0 Å². The van der Waals surface area contributed by atoms with Crippen LogP contribution in [0, 0.1) is 11.8 Å². The third-order valence-corrected chi connectivity index (χ3v) is 9.08. The molecule has 0 spiro atoms. The predicted molar refractivity (Wildman–Crippen MR) is 147 cm³/mol. The summed E-state index contributed by atoms with van der Waals surface area (Å²) in [5, 5.41) is 14.4. The van der Waals surface area contributed by atoms with Crippen LogP contribution in [-0.2, 0) is 21.7 Å². The van der Waals surface area contributed by atoms with Gasteiger partial charge in [0.15, 0.2) is 6.61 Å². The normalized spacial score (nSPS) is 22.4. The molecule has 0 aliphatic heterocycles. The van der Waals surface area contributed by atoms with Gasteiger partial charge in [0, 0.05) is 23.0 Å². The predicted octanol–water partition coefficient (Wildman–Crippen LogP) is 6.81. The number of pyridine rings is 1. The molecule has 0 atom stereocenters. The first kappa shape index (κ1) is 27.3. The highest BCUT2D eigenvalue weighted by Crippen LogP contribution is 2.41. The summed E-state index contributed by atoms with van der Waals surface area (Å²) in [5.41, 5.74) is 2.18. The van der Waals surface area contributed by atoms with E-state index in [1.165, 1.54) is 11.3 Å². The third-order valence-electron chi connectivity index (χ3n) is 7.54. The zero-order valence-corrected chi connectivity index (χ0v) is 23.2. The summed E-state index contributed by atoms with van der Waals surface area (Å²) in [7, 11) is 0. The minimum atomic E-state index is -0.966. The molecule has 2 fully saturated rings. The lowest BCUT2D eigenvalue weighted by molar-refractivity contribution is -0.124. The smallest absolute Gasteiger partial charge is 0.348 e. The van der Waals surface area contributed by atoms with Gasteiger partial charge in [0.05, 0.1) is 17.1 Å². The largest absolute Gasteiger partial charge is 0.477 e. The lowest BCUT2D eigenvalue weighted by atomic mass is 9.81. The highest BCUT2D eigenvalue weighted by molar-refractivity contribution is 7.14. The Labute approximate surface area is 223 Å². The summed E-state index contributed by atoms with van der Waals surface area (Å²) >= 11 is 1.30. The molecule has 0 radical (unpaired) electrons. The minimum Gasteiger partial charge on any atom is -0.477 e. The van der Waals surface area contributed by atoms with Gasteiger partial charge in [0.25, 0.3) is 0 Å². The van der Waals surface area contributed by atoms with E-state index in [-0.39, 0.29) is 28.2 Å². The second kappa shape index (κ2) is 11.8. The van der Waals surface area contributed by atoms with Crippen LogP contribution >= 0.6 is 11.3 Å². The fourth-order valence-electron chi connectivity index (χ4n) is 5.24. The van der Waals surface area contributed by atoms with Crippen molar-refractivity contribution in [3.05, 3.63) is 45.9 Å². The molecule has 4 rings (SSSR count). The molecule has 2 aromatic rings. The van der Waals surface area contributed by atoms with Gasteiger partial charge >= 0.3 is 5.97 Å². The minimum absolute atomic E-state index is 0.0485. The number of carboxylic acid groups (broad SMARTS) is 1. The number of oxime groups is 1. The van der Waals surface area contributed by atoms with Crippen molar-refractivity contribution in [2.45, 2.75) is 97.1 Å². The highest BCUT2D eigenvalue weighted by atomic mass is 32.1. The Kier molecular flexibility index (Phi) is 8.67. The topological polar surface area (TPSA) is 92.1 Å². The zero-order valence-electron chi connectivity index (χ0n) is 22.4. The standard InChI is InChI=1S/C29H39N3O4S/c1-19-8-10-20(11-9-19)27(33)32(24-17-25(29(2,3)4)37-26(24)28(34)35)23-14-12-21(13-15-23)31-36-18-22-7-5-6-16-30-22/h5-7,16-17,19-20,23H,8-15,18H2,1-4H3,(H,34,35)/t19-,20-,23?. The molecule has 0 aromatic carbocycles. The molecule has 7 nitrogen and oxygen atoms in total. The van der Waals surface area contributed by atoms with Crippen molar-refractivity contribution >= 4 is 34.6 Å². The van der Waals surface area contributed by atoms with Crippen molar-refractivity contribution in [2.75, 3.05) is 4.90 Å². The number of thiophene rings is 1. The molecule has 200 valence electrons. The van der Waals surface area contributed by atoms with Gasteiger partial charge in [-0.15, -0.1) is 11.3 Å². The number of hydrogen-bond donors (Lipinski definition) is 1. The first-order valence-electron chi connectivity index (χ1n) is 13.4. The summed E-state index contributed by atoms with van der Waals surface area (Å²) in [4.78, 5) is 39.3. The Morgan fingerprint density at radius 1 is 1.14 bits per heavy atom. The van der Waals surface area contributed by atoms with E-state index in [0.29, 0.717) is 18.2 Å². The van der Waals surface area contributed by atoms with Crippen LogP contribution in [0.3, 0.4) is 0 Å². The van der Waals surface area contributed by atoms with Crippen LogP contribution in [0.1, 0.15) is 99.3 Å². The summed E-state index contributed by atoms with van der Waals surface area (Å²) < 4.78 is 0. The molecule has 0 bridgehead atoms. The second-order valence-corrected chi connectivity index (χ2v) is 12.6. The quantitative estimate of drug-likeness (QED) is 0.401. The first-order chi connectivity index (χ1) is 17.6. The fourth-order valence-corrected chi connectivity index (χ4v) is 6.29. The maximum absolute atomic E-state index is 14.0. The van der Waals surface area contributed by atoms with Gasteiger partial charge in [0.1, 0.15) is 4.88 Å². The number of hydrogen-bond acceptors (Lipinski definition) is 6. The molecule has 0 saturated heterocycles. The van der Waals surface area contributed by atoms with E-state index in [1.54, 1.807) is 6.20 Å². The molecule has 37 heavy (non-hydrogen) atoms. The van der Waals surface area contributed by atoms with Crippen LogP contribution in [-0.4, -0.2) is 33.7 Å². The van der Waals surface area contributed by atoms with Gasteiger partial charge in [-0.05, 0) is 80.9 Å². The number of carbonyl (C=O) groups is 2. The molecule has 2 saturated carbocycles. The lowest BCUT2D eigenvalue weighted by Gasteiger charge is -2.38. The van der Waals surface area contributed by atoms with E-state index in [1.807, 2.05) is 29.2 Å². The lowest BCUT2D eigenvalue weighted by Crippen LogP contribution is -2.46. The van der Waals surface area contributed by atoms with Crippen LogP contribution in [0.2, 0.25) is 0 Å². The summed E-state index contributed by atoms with van der Waals surface area (Å²) in [6, 6.07) is 7.59. The fraction of sp³-hybridized carbons (Fsp3) is 0.586. The number of carbonyl (C=O) groups excluding carboxylic acids is 1. The molecule has 0 unspecified atom stereocenters. The molecule has 2 heterocycles. The van der Waals surface area contributed by atoms with Crippen LogP contribution in [0.4, 0.5) is 5.69 Å². The average Bonchev–Trinajstić information content (AvgIpc) is 3.32. The van der Waals surface area contributed by atoms with Crippen molar-refractivity contribution in [2.24, 2.45) is 17.0 Å². The Bertz CT molecular complexity index is 1100. The number of amides is 1. The van der Waals surface area contributed by atoms with Crippen molar-refractivity contribution in [3.8, 4) is 0 Å². The molecule has 1 amide bonds. The van der Waals surface area contributed by atoms with Gasteiger partial charge in [0.2, 0.25) is 5.91 Å². The number of aromatic carboxylic acids is 1. The van der Waals surface area contributed by atoms with Gasteiger partial charge in [-0.1, -0.05) is 38.9 Å². The van der Waals surface area contributed by atoms with E-state index >= 15 is 0 Å². The molecular weight excluding hydrogens is 486 g/mol. The van der Waals surface area contributed by atoms with Crippen LogP contribution in [0.5, 0.6) is 0 Å². The van der Waals surface area contributed by atoms with Gasteiger partial charge in [-0.3, -0.25) is 9.78 Å². The Balaban J connectivity index is 1.55. The maximum atomic E-state index is 14.0. The molecule has 2 aromatic heterocycles. The number of nitrogens with zero attached hydrogens (tertiary/aromatic N) is 3. The van der Waals surface area contributed by atoms with Crippen LogP contribution < -0.4 is 4.90 Å². The van der Waals surface area contributed by atoms with Gasteiger partial charge < -0.3 is 14.8 Å². The third kappa shape index (κ3) is 6.78. The summed E-state index contributed by atoms with van der Waals surface area (Å²) in [6.45, 7) is 8.81. The zero-order chi connectivity index (χ0) is 26.6. The van der Waals surface area contributed by atoms with E-state index < -0.39 is 5.97 Å². The number of carboxylic acids is 1. The van der Waals surface area contributed by atoms with Crippen molar-refractivity contribution in [1.82, 2.24) is 4.98 Å². The van der Waals surface area contributed by atoms with E-state index in [0.717, 1.165) is 67.6 Å². The monoisotopic (exact) mass is 525 g/mol. The summed E-state index contributed by atoms with van der Waals surface area (Å²) in [5.74, 6) is -0.288. The van der Waals surface area contributed by atoms with Gasteiger partial charge in [-0.2, -0.15) is 0 Å². The Morgan fingerprint density at radius 3 is 2.43 bits per heavy atom. The van der Waals surface area contributed by atoms with Crippen LogP contribution in [0.15, 0.2) is 35.6 Å². The van der Waals surface area contributed by atoms with Crippen molar-refractivity contribution in [1.29, 1.82) is 0 Å². The molecule has 2 aliphatic rings. The second-order valence-electron chi connectivity index (χ2n) is 11.5. The van der Waals surface area contributed by atoms with E-state index in [2.05, 4.69) is 37.8 Å². The Morgan fingerprint density at radius 2 is 1.84 bits per heavy atom. The highest BCUT2D eigenvalue weighted by Gasteiger charge is 2.37. The average molecular weight is 526 g/mol.